The van der Waals surface area contributed by atoms with Crippen molar-refractivity contribution < 1.29 is 0 Å². The third-order valence-electron chi connectivity index (χ3n) is 0.925. The van der Waals surface area contributed by atoms with Crippen molar-refractivity contribution in [2.45, 2.75) is 0 Å². The van der Waals surface area contributed by atoms with Crippen molar-refractivity contribution in [3.63, 3.8) is 0 Å². The van der Waals surface area contributed by atoms with Crippen LogP contribution in [-0.2, 0) is 0 Å². The average Bonchev–Trinajstić information content (AvgIpc) is 1.95. The Kier molecular flexibility index (Phi) is 2.46. The Hall–Kier alpha value is -0.340. The van der Waals surface area contributed by atoms with E-state index in [4.69, 9.17) is 16.9 Å². The number of hydrogen-bond donors (Lipinski definition) is 0. The molecule has 1 aromatic heterocycles. The van der Waals surface area contributed by atoms with Gasteiger partial charge in [0.05, 0.1) is 9.13 Å². The van der Waals surface area contributed by atoms with E-state index >= 15 is 0 Å². The Bertz CT molecular complexity index is 292. The summed E-state index contributed by atoms with van der Waals surface area (Å²) in [7, 11) is 0. The van der Waals surface area contributed by atoms with E-state index in [9.17, 15) is 0 Å². The quantitative estimate of drug-likeness (QED) is 0.532. The third kappa shape index (κ3) is 1.58. The minimum Gasteiger partial charge on any atom is -0.242 e. The van der Waals surface area contributed by atoms with Crippen LogP contribution in [0.2, 0.25) is 5.15 Å². The fourth-order valence-electron chi connectivity index (χ4n) is 0.482. The van der Waals surface area contributed by atoms with Gasteiger partial charge in [-0.3, -0.25) is 0 Å². The molecule has 0 aromatic carbocycles. The van der Waals surface area contributed by atoms with E-state index in [2.05, 4.69) is 4.98 Å². The summed E-state index contributed by atoms with van der Waals surface area (Å²) in [6.45, 7) is 0. The Morgan fingerprint density at radius 3 is 2.90 bits per heavy atom. The normalized spacial score (nSPS) is 8.90. The van der Waals surface area contributed by atoms with E-state index < -0.39 is 0 Å². The molecule has 1 aromatic rings. The number of hydrogen-bond acceptors (Lipinski definition) is 2. The van der Waals surface area contributed by atoms with Crippen molar-refractivity contribution in [2.24, 2.45) is 0 Å². The predicted molar refractivity (Wildman–Crippen MR) is 46.7 cm³/mol. The number of rotatable bonds is 0. The summed E-state index contributed by atoms with van der Waals surface area (Å²) < 4.78 is 0.804. The Morgan fingerprint density at radius 1 is 1.70 bits per heavy atom. The highest BCUT2D eigenvalue weighted by molar-refractivity contribution is 14.1. The summed E-state index contributed by atoms with van der Waals surface area (Å²) in [5, 5.41) is 8.86. The van der Waals surface area contributed by atoms with E-state index in [0.717, 1.165) is 3.57 Å². The first kappa shape index (κ1) is 7.76. The molecule has 4 heteroatoms. The fourth-order valence-corrected chi connectivity index (χ4v) is 1.06. The number of nitrogens with zero attached hydrogens (tertiary/aromatic N) is 2. The van der Waals surface area contributed by atoms with E-state index in [1.54, 1.807) is 6.07 Å². The summed E-state index contributed by atoms with van der Waals surface area (Å²) in [6.07, 6.45) is 1.45. The molecule has 0 aliphatic rings. The molecule has 2 nitrogen and oxygen atoms in total. The molecule has 50 valence electrons. The van der Waals surface area contributed by atoms with Gasteiger partial charge in [0.1, 0.15) is 11.2 Å². The maximum atomic E-state index is 8.42. The first-order valence-electron chi connectivity index (χ1n) is 2.45. The minimum absolute atomic E-state index is 0.444. The monoisotopic (exact) mass is 264 g/mol. The van der Waals surface area contributed by atoms with Gasteiger partial charge in [0, 0.05) is 6.20 Å². The van der Waals surface area contributed by atoms with Gasteiger partial charge in [-0.25, -0.2) is 4.98 Å². The molecule has 0 unspecified atom stereocenters. The fraction of sp³-hybridized carbons (Fsp3) is 0. The van der Waals surface area contributed by atoms with Crippen molar-refractivity contribution in [2.75, 3.05) is 0 Å². The summed E-state index contributed by atoms with van der Waals surface area (Å²) >= 11 is 7.64. The van der Waals surface area contributed by atoms with Gasteiger partial charge in [-0.15, -0.1) is 0 Å². The standard InChI is InChI=1S/C6H2ClIN2/c7-6-5(8)1-4(2-9)3-10-6/h1,3H. The molecular weight excluding hydrogens is 262 g/mol. The molecule has 0 aliphatic heterocycles. The van der Waals surface area contributed by atoms with Crippen molar-refractivity contribution in [3.05, 3.63) is 26.5 Å². The van der Waals surface area contributed by atoms with Crippen molar-refractivity contribution >= 4 is 34.2 Å². The largest absolute Gasteiger partial charge is 0.242 e. The summed E-state index contributed by atoms with van der Waals surface area (Å²) in [6, 6.07) is 3.66. The van der Waals surface area contributed by atoms with Crippen LogP contribution in [0.4, 0.5) is 0 Å². The minimum atomic E-state index is 0.444. The molecule has 0 N–H and O–H groups in total. The van der Waals surface area contributed by atoms with Crippen molar-refractivity contribution in [1.82, 2.24) is 4.98 Å². The Labute approximate surface area is 77.0 Å². The van der Waals surface area contributed by atoms with Crippen LogP contribution in [0.3, 0.4) is 0 Å². The van der Waals surface area contributed by atoms with Gasteiger partial charge in [-0.2, -0.15) is 5.26 Å². The summed E-state index contributed by atoms with van der Waals surface area (Å²) in [5.74, 6) is 0. The van der Waals surface area contributed by atoms with Gasteiger partial charge >= 0.3 is 0 Å². The highest BCUT2D eigenvalue weighted by atomic mass is 127. The second-order valence-corrected chi connectivity index (χ2v) is 3.13. The zero-order chi connectivity index (χ0) is 7.56. The molecule has 0 atom stereocenters. The lowest BCUT2D eigenvalue weighted by atomic mass is 10.3. The first-order valence-corrected chi connectivity index (χ1v) is 3.91. The molecule has 0 aliphatic carbocycles. The van der Waals surface area contributed by atoms with Gasteiger partial charge in [0.15, 0.2) is 0 Å². The molecule has 0 saturated carbocycles. The van der Waals surface area contributed by atoms with E-state index in [1.165, 1.54) is 6.20 Å². The van der Waals surface area contributed by atoms with Crippen LogP contribution in [0, 0.1) is 14.9 Å². The topological polar surface area (TPSA) is 36.7 Å². The van der Waals surface area contributed by atoms with Crippen LogP contribution < -0.4 is 0 Å². The number of halogens is 2. The molecule has 0 saturated heterocycles. The molecule has 0 bridgehead atoms. The second kappa shape index (κ2) is 3.17. The van der Waals surface area contributed by atoms with E-state index in [0.29, 0.717) is 10.7 Å². The van der Waals surface area contributed by atoms with Crippen LogP contribution in [0.25, 0.3) is 0 Å². The second-order valence-electron chi connectivity index (χ2n) is 1.61. The molecule has 10 heavy (non-hydrogen) atoms. The zero-order valence-corrected chi connectivity index (χ0v) is 7.72. The number of aromatic nitrogens is 1. The maximum Gasteiger partial charge on any atom is 0.142 e. The van der Waals surface area contributed by atoms with Crippen molar-refractivity contribution in [1.29, 1.82) is 5.26 Å². The lowest BCUT2D eigenvalue weighted by Crippen LogP contribution is -1.82. The van der Waals surface area contributed by atoms with E-state index in [-0.39, 0.29) is 0 Å². The molecule has 0 spiro atoms. The van der Waals surface area contributed by atoms with Gasteiger partial charge in [-0.05, 0) is 28.7 Å². The van der Waals surface area contributed by atoms with Gasteiger partial charge in [0.2, 0.25) is 0 Å². The molecule has 0 fully saturated rings. The van der Waals surface area contributed by atoms with Gasteiger partial charge in [-0.1, -0.05) is 11.6 Å². The molecule has 1 heterocycles. The van der Waals surface area contributed by atoms with E-state index in [1.807, 2.05) is 28.7 Å². The summed E-state index contributed by atoms with van der Waals surface area (Å²) in [5.41, 5.74) is 0.536. The van der Waals surface area contributed by atoms with Crippen LogP contribution in [0.15, 0.2) is 12.3 Å². The molecule has 1 rings (SSSR count). The van der Waals surface area contributed by atoms with Crippen LogP contribution in [0.5, 0.6) is 0 Å². The lowest BCUT2D eigenvalue weighted by molar-refractivity contribution is 1.28. The van der Waals surface area contributed by atoms with Crippen molar-refractivity contribution in [3.8, 4) is 6.07 Å². The lowest BCUT2D eigenvalue weighted by Gasteiger charge is -1.92. The molecule has 0 amide bonds. The smallest absolute Gasteiger partial charge is 0.142 e. The SMILES string of the molecule is N#Cc1cnc(Cl)c(I)c1. The average molecular weight is 264 g/mol. The predicted octanol–water partition coefficient (Wildman–Crippen LogP) is 2.21. The number of pyridine rings is 1. The summed E-state index contributed by atoms with van der Waals surface area (Å²) in [4.78, 5) is 3.78. The molecular formula is C6H2ClIN2. The molecule has 0 radical (unpaired) electrons. The van der Waals surface area contributed by atoms with Crippen LogP contribution >= 0.6 is 34.2 Å². The zero-order valence-electron chi connectivity index (χ0n) is 4.81. The van der Waals surface area contributed by atoms with Gasteiger partial charge < -0.3 is 0 Å². The van der Waals surface area contributed by atoms with Crippen LogP contribution in [-0.4, -0.2) is 4.98 Å². The highest BCUT2D eigenvalue weighted by Crippen LogP contribution is 2.15. The Balaban J connectivity index is 3.20. The number of nitriles is 1. The highest BCUT2D eigenvalue weighted by Gasteiger charge is 1.97. The maximum absolute atomic E-state index is 8.42. The first-order chi connectivity index (χ1) is 4.74. The Morgan fingerprint density at radius 2 is 2.40 bits per heavy atom. The van der Waals surface area contributed by atoms with Gasteiger partial charge in [0.25, 0.3) is 0 Å². The third-order valence-corrected chi connectivity index (χ3v) is 2.37. The van der Waals surface area contributed by atoms with Crippen LogP contribution in [0.1, 0.15) is 5.56 Å².